The van der Waals surface area contributed by atoms with Crippen LogP contribution in [0.25, 0.3) is 0 Å². The second-order valence-corrected chi connectivity index (χ2v) is 5.45. The van der Waals surface area contributed by atoms with Crippen LogP contribution in [0.1, 0.15) is 26.9 Å². The molecular weight excluding hydrogens is 254 g/mol. The fourth-order valence-electron chi connectivity index (χ4n) is 1.78. The van der Waals surface area contributed by atoms with Crippen LogP contribution in [0.4, 0.5) is 8.78 Å². The molecule has 0 saturated carbocycles. The Hall–Kier alpha value is -1.30. The van der Waals surface area contributed by atoms with E-state index in [1.807, 2.05) is 19.9 Å². The van der Waals surface area contributed by atoms with Crippen LogP contribution in [-0.4, -0.2) is 0 Å². The standard InChI is InChI=1S/C13H14F2N2S/c1-7-5-12(18-8(7)2)13(17-16)9-3-4-10(14)11(15)6-9/h3-6,13,17H,16H2,1-2H3. The Labute approximate surface area is 108 Å². The lowest BCUT2D eigenvalue weighted by Crippen LogP contribution is -2.28. The van der Waals surface area contributed by atoms with Crippen molar-refractivity contribution in [3.63, 3.8) is 0 Å². The van der Waals surface area contributed by atoms with Gasteiger partial charge in [-0.2, -0.15) is 0 Å². The highest BCUT2D eigenvalue weighted by molar-refractivity contribution is 7.12. The minimum Gasteiger partial charge on any atom is -0.271 e. The van der Waals surface area contributed by atoms with Crippen LogP contribution in [0.3, 0.4) is 0 Å². The lowest BCUT2D eigenvalue weighted by atomic mass is 10.1. The largest absolute Gasteiger partial charge is 0.271 e. The van der Waals surface area contributed by atoms with Crippen molar-refractivity contribution in [2.24, 2.45) is 5.84 Å². The number of hydrogen-bond acceptors (Lipinski definition) is 3. The first-order valence-corrected chi connectivity index (χ1v) is 6.32. The molecule has 2 aromatic rings. The van der Waals surface area contributed by atoms with Crippen LogP contribution >= 0.6 is 11.3 Å². The number of thiophene rings is 1. The van der Waals surface area contributed by atoms with Gasteiger partial charge in [-0.15, -0.1) is 11.3 Å². The van der Waals surface area contributed by atoms with Crippen LogP contribution in [0.2, 0.25) is 0 Å². The number of hydrogen-bond donors (Lipinski definition) is 2. The molecule has 0 bridgehead atoms. The number of halogens is 2. The predicted octanol–water partition coefficient (Wildman–Crippen LogP) is 3.20. The molecule has 0 fully saturated rings. The van der Waals surface area contributed by atoms with E-state index in [0.29, 0.717) is 5.56 Å². The molecule has 0 spiro atoms. The fourth-order valence-corrected chi connectivity index (χ4v) is 2.91. The van der Waals surface area contributed by atoms with Crippen LogP contribution < -0.4 is 11.3 Å². The Morgan fingerprint density at radius 3 is 2.39 bits per heavy atom. The highest BCUT2D eigenvalue weighted by atomic mass is 32.1. The summed E-state index contributed by atoms with van der Waals surface area (Å²) in [5.41, 5.74) is 4.42. The molecule has 0 saturated heterocycles. The summed E-state index contributed by atoms with van der Waals surface area (Å²) in [6.07, 6.45) is 0. The summed E-state index contributed by atoms with van der Waals surface area (Å²) in [7, 11) is 0. The lowest BCUT2D eigenvalue weighted by Gasteiger charge is -2.14. The normalized spacial score (nSPS) is 12.7. The Morgan fingerprint density at radius 1 is 1.17 bits per heavy atom. The maximum absolute atomic E-state index is 13.2. The molecule has 5 heteroatoms. The number of nitrogens with one attached hydrogen (secondary N) is 1. The zero-order valence-electron chi connectivity index (χ0n) is 10.1. The smallest absolute Gasteiger partial charge is 0.159 e. The molecule has 0 radical (unpaired) electrons. The van der Waals surface area contributed by atoms with E-state index in [0.717, 1.165) is 16.5 Å². The lowest BCUT2D eigenvalue weighted by molar-refractivity contribution is 0.504. The van der Waals surface area contributed by atoms with E-state index >= 15 is 0 Å². The van der Waals surface area contributed by atoms with E-state index in [4.69, 9.17) is 5.84 Å². The van der Waals surface area contributed by atoms with Gasteiger partial charge >= 0.3 is 0 Å². The van der Waals surface area contributed by atoms with Crippen molar-refractivity contribution in [3.8, 4) is 0 Å². The molecule has 3 N–H and O–H groups in total. The molecule has 1 unspecified atom stereocenters. The third-order valence-corrected chi connectivity index (χ3v) is 4.13. The summed E-state index contributed by atoms with van der Waals surface area (Å²) in [6, 6.07) is 5.50. The molecule has 1 heterocycles. The highest BCUT2D eigenvalue weighted by Gasteiger charge is 2.17. The van der Waals surface area contributed by atoms with Crippen molar-refractivity contribution in [2.45, 2.75) is 19.9 Å². The van der Waals surface area contributed by atoms with E-state index in [1.54, 1.807) is 11.3 Å². The van der Waals surface area contributed by atoms with Gasteiger partial charge in [0.05, 0.1) is 6.04 Å². The van der Waals surface area contributed by atoms with E-state index in [1.165, 1.54) is 17.0 Å². The van der Waals surface area contributed by atoms with Crippen LogP contribution in [0.15, 0.2) is 24.3 Å². The van der Waals surface area contributed by atoms with Crippen molar-refractivity contribution in [1.29, 1.82) is 0 Å². The van der Waals surface area contributed by atoms with E-state index in [-0.39, 0.29) is 6.04 Å². The molecule has 0 aliphatic carbocycles. The second-order valence-electron chi connectivity index (χ2n) is 4.16. The van der Waals surface area contributed by atoms with Crippen LogP contribution in [0, 0.1) is 25.5 Å². The summed E-state index contributed by atoms with van der Waals surface area (Å²) in [6.45, 7) is 4.02. The average Bonchev–Trinajstić information content (AvgIpc) is 2.65. The monoisotopic (exact) mass is 268 g/mol. The summed E-state index contributed by atoms with van der Waals surface area (Å²) >= 11 is 1.59. The summed E-state index contributed by atoms with van der Waals surface area (Å²) in [5, 5.41) is 0. The van der Waals surface area contributed by atoms with E-state index in [9.17, 15) is 8.78 Å². The molecule has 1 aromatic carbocycles. The van der Waals surface area contributed by atoms with Gasteiger partial charge in [0, 0.05) is 9.75 Å². The van der Waals surface area contributed by atoms with Crippen molar-refractivity contribution < 1.29 is 8.78 Å². The first-order valence-electron chi connectivity index (χ1n) is 5.51. The Kier molecular flexibility index (Phi) is 3.75. The number of aryl methyl sites for hydroxylation is 2. The first-order chi connectivity index (χ1) is 8.52. The van der Waals surface area contributed by atoms with E-state index < -0.39 is 11.6 Å². The molecule has 0 aliphatic heterocycles. The minimum atomic E-state index is -0.863. The van der Waals surface area contributed by atoms with Gasteiger partial charge < -0.3 is 0 Å². The van der Waals surface area contributed by atoms with Gasteiger partial charge in [-0.3, -0.25) is 5.84 Å². The maximum atomic E-state index is 13.2. The molecule has 0 amide bonds. The van der Waals surface area contributed by atoms with Gasteiger partial charge in [0.2, 0.25) is 0 Å². The van der Waals surface area contributed by atoms with Crippen molar-refractivity contribution in [2.75, 3.05) is 0 Å². The SMILES string of the molecule is Cc1cc(C(NN)c2ccc(F)c(F)c2)sc1C. The van der Waals surface area contributed by atoms with Crippen LogP contribution in [-0.2, 0) is 0 Å². The number of rotatable bonds is 3. The third-order valence-electron chi connectivity index (χ3n) is 2.91. The molecule has 18 heavy (non-hydrogen) atoms. The first kappa shape index (κ1) is 13.1. The topological polar surface area (TPSA) is 38.0 Å². The number of benzene rings is 1. The van der Waals surface area contributed by atoms with Crippen molar-refractivity contribution in [3.05, 3.63) is 56.8 Å². The molecule has 2 rings (SSSR count). The third kappa shape index (κ3) is 2.43. The molecule has 1 aromatic heterocycles. The highest BCUT2D eigenvalue weighted by Crippen LogP contribution is 2.30. The van der Waals surface area contributed by atoms with Gasteiger partial charge in [-0.1, -0.05) is 6.07 Å². The Bertz CT molecular complexity index is 547. The molecule has 2 nitrogen and oxygen atoms in total. The molecular formula is C13H14F2N2S. The fraction of sp³-hybridized carbons (Fsp3) is 0.231. The number of hydrazine groups is 1. The quantitative estimate of drug-likeness (QED) is 0.662. The minimum absolute atomic E-state index is 0.322. The predicted molar refractivity (Wildman–Crippen MR) is 69.3 cm³/mol. The van der Waals surface area contributed by atoms with E-state index in [2.05, 4.69) is 5.43 Å². The van der Waals surface area contributed by atoms with Gasteiger partial charge in [0.1, 0.15) is 0 Å². The average molecular weight is 268 g/mol. The maximum Gasteiger partial charge on any atom is 0.159 e. The number of nitrogens with two attached hydrogens (primary N) is 1. The van der Waals surface area contributed by atoms with Crippen LogP contribution in [0.5, 0.6) is 0 Å². The Balaban J connectivity index is 2.41. The van der Waals surface area contributed by atoms with Gasteiger partial charge in [0.25, 0.3) is 0 Å². The van der Waals surface area contributed by atoms with Crippen molar-refractivity contribution in [1.82, 2.24) is 5.43 Å². The Morgan fingerprint density at radius 2 is 1.89 bits per heavy atom. The molecule has 1 atom stereocenters. The molecule has 0 aliphatic rings. The zero-order valence-corrected chi connectivity index (χ0v) is 10.9. The van der Waals surface area contributed by atoms with Gasteiger partial charge in [-0.05, 0) is 43.2 Å². The van der Waals surface area contributed by atoms with Gasteiger partial charge in [-0.25, -0.2) is 14.2 Å². The summed E-state index contributed by atoms with van der Waals surface area (Å²) in [4.78, 5) is 2.17. The second kappa shape index (κ2) is 5.14. The van der Waals surface area contributed by atoms with Crippen molar-refractivity contribution >= 4 is 11.3 Å². The zero-order chi connectivity index (χ0) is 13.3. The summed E-state index contributed by atoms with van der Waals surface area (Å²) in [5.74, 6) is 3.81. The summed E-state index contributed by atoms with van der Waals surface area (Å²) < 4.78 is 26.1. The molecule has 96 valence electrons. The van der Waals surface area contributed by atoms with Gasteiger partial charge in [0.15, 0.2) is 11.6 Å².